The summed E-state index contributed by atoms with van der Waals surface area (Å²) in [5.41, 5.74) is 1.53. The quantitative estimate of drug-likeness (QED) is 0.207. The number of benzene rings is 2. The van der Waals surface area contributed by atoms with Crippen LogP contribution in [0.5, 0.6) is 11.6 Å². The van der Waals surface area contributed by atoms with E-state index in [1.54, 1.807) is 60.2 Å². The van der Waals surface area contributed by atoms with Gasteiger partial charge in [-0.15, -0.1) is 0 Å². The number of nitrogens with one attached hydrogen (secondary N) is 1. The van der Waals surface area contributed by atoms with Gasteiger partial charge in [-0.2, -0.15) is 9.37 Å². The number of halogens is 2. The number of nitrogens with two attached hydrogens (primary N) is 1. The highest BCUT2D eigenvalue weighted by Gasteiger charge is 2.15. The minimum absolute atomic E-state index is 0.131. The normalized spacial score (nSPS) is 12.7. The second-order valence-corrected chi connectivity index (χ2v) is 7.96. The molecule has 0 bridgehead atoms. The number of rotatable bonds is 8. The van der Waals surface area contributed by atoms with Gasteiger partial charge in [0.15, 0.2) is 6.23 Å². The molecule has 1 atom stereocenters. The Morgan fingerprint density at radius 3 is 2.58 bits per heavy atom. The van der Waals surface area contributed by atoms with Crippen LogP contribution in [-0.2, 0) is 11.4 Å². The predicted molar refractivity (Wildman–Crippen MR) is 134 cm³/mol. The fourth-order valence-corrected chi connectivity index (χ4v) is 3.44. The van der Waals surface area contributed by atoms with Gasteiger partial charge in [-0.25, -0.2) is 10.9 Å². The number of pyridine rings is 1. The van der Waals surface area contributed by atoms with E-state index in [2.05, 4.69) is 20.0 Å². The number of ether oxygens (including phenoxy) is 1. The Hall–Kier alpha value is -4.12. The zero-order valence-corrected chi connectivity index (χ0v) is 19.9. The van der Waals surface area contributed by atoms with Crippen LogP contribution >= 0.6 is 11.6 Å². The first kappa shape index (κ1) is 25.0. The molecule has 184 valence electrons. The van der Waals surface area contributed by atoms with E-state index >= 15 is 0 Å². The van der Waals surface area contributed by atoms with Crippen molar-refractivity contribution in [2.75, 3.05) is 0 Å². The highest BCUT2D eigenvalue weighted by Crippen LogP contribution is 2.22. The maximum Gasteiger partial charge on any atom is 0.260 e. The molecule has 4 aromatic rings. The van der Waals surface area contributed by atoms with Crippen LogP contribution in [0.2, 0.25) is 5.02 Å². The van der Waals surface area contributed by atoms with Gasteiger partial charge in [-0.1, -0.05) is 29.8 Å². The molecule has 0 saturated heterocycles. The molecule has 0 amide bonds. The highest BCUT2D eigenvalue weighted by atomic mass is 35.5. The topological polar surface area (TPSA) is 120 Å². The molecule has 3 N–H and O–H groups in total. The van der Waals surface area contributed by atoms with Gasteiger partial charge in [0.25, 0.3) is 5.56 Å². The van der Waals surface area contributed by atoms with E-state index in [0.717, 1.165) is 5.56 Å². The number of aromatic nitrogens is 3. The van der Waals surface area contributed by atoms with Crippen LogP contribution < -0.4 is 21.8 Å². The lowest BCUT2D eigenvalue weighted by molar-refractivity contribution is 0.0581. The van der Waals surface area contributed by atoms with E-state index in [1.165, 1.54) is 18.3 Å². The Morgan fingerprint density at radius 2 is 1.92 bits per heavy atom. The SMILES string of the molecule is C/C=N/C(ON)c1cn(Cc2ccc(Cl)cc2)/c(=N/c2ccc(Oc3cccc(F)n3)cc2)[nH]c1=O. The molecule has 4 rings (SSSR count). The summed E-state index contributed by atoms with van der Waals surface area (Å²) in [6.45, 7) is 2.07. The largest absolute Gasteiger partial charge is 0.439 e. The molecule has 0 aliphatic heterocycles. The molecule has 2 aromatic carbocycles. The summed E-state index contributed by atoms with van der Waals surface area (Å²) < 4.78 is 20.6. The zero-order valence-electron chi connectivity index (χ0n) is 19.1. The van der Waals surface area contributed by atoms with Crippen LogP contribution in [0.1, 0.15) is 24.3 Å². The maximum atomic E-state index is 13.3. The van der Waals surface area contributed by atoms with Gasteiger partial charge < -0.3 is 9.30 Å². The fraction of sp³-hybridized carbons (Fsp3) is 0.120. The van der Waals surface area contributed by atoms with Crippen LogP contribution in [-0.4, -0.2) is 20.7 Å². The molecular formula is C25H22ClFN6O3. The van der Waals surface area contributed by atoms with Crippen LogP contribution in [0.3, 0.4) is 0 Å². The number of hydrogen-bond acceptors (Lipinski definition) is 7. The summed E-state index contributed by atoms with van der Waals surface area (Å²) in [6.07, 6.45) is 2.13. The second kappa shape index (κ2) is 11.5. The maximum absolute atomic E-state index is 13.3. The van der Waals surface area contributed by atoms with Crippen molar-refractivity contribution >= 4 is 23.5 Å². The molecule has 2 aromatic heterocycles. The zero-order chi connectivity index (χ0) is 25.5. The van der Waals surface area contributed by atoms with Crippen LogP contribution in [0.25, 0.3) is 0 Å². The van der Waals surface area contributed by atoms with Crippen LogP contribution in [0.4, 0.5) is 10.1 Å². The number of H-pyrrole nitrogens is 1. The summed E-state index contributed by atoms with van der Waals surface area (Å²) in [5.74, 6) is 5.31. The lowest BCUT2D eigenvalue weighted by atomic mass is 10.2. The lowest BCUT2D eigenvalue weighted by Crippen LogP contribution is -2.34. The van der Waals surface area contributed by atoms with Crippen molar-refractivity contribution in [1.29, 1.82) is 0 Å². The molecule has 1 unspecified atom stereocenters. The molecule has 0 aliphatic rings. The molecule has 0 aliphatic carbocycles. The van der Waals surface area contributed by atoms with Gasteiger partial charge in [0.05, 0.1) is 17.8 Å². The second-order valence-electron chi connectivity index (χ2n) is 7.52. The van der Waals surface area contributed by atoms with Crippen LogP contribution in [0.15, 0.2) is 87.7 Å². The third-order valence-electron chi connectivity index (χ3n) is 4.98. The fourth-order valence-electron chi connectivity index (χ4n) is 3.31. The van der Waals surface area contributed by atoms with Crippen molar-refractivity contribution in [1.82, 2.24) is 14.5 Å². The first-order chi connectivity index (χ1) is 17.4. The summed E-state index contributed by atoms with van der Waals surface area (Å²) in [5, 5.41) is 0.612. The number of aromatic amines is 1. The molecule has 0 radical (unpaired) electrons. The Labute approximate surface area is 210 Å². The molecule has 2 heterocycles. The minimum atomic E-state index is -0.975. The minimum Gasteiger partial charge on any atom is -0.439 e. The van der Waals surface area contributed by atoms with Crippen molar-refractivity contribution in [3.8, 4) is 11.6 Å². The summed E-state index contributed by atoms with van der Waals surface area (Å²) >= 11 is 6.01. The van der Waals surface area contributed by atoms with Gasteiger partial charge in [0, 0.05) is 17.3 Å². The molecule has 0 spiro atoms. The predicted octanol–water partition coefficient (Wildman–Crippen LogP) is 4.42. The third kappa shape index (κ3) is 6.30. The smallest absolute Gasteiger partial charge is 0.260 e. The monoisotopic (exact) mass is 508 g/mol. The van der Waals surface area contributed by atoms with E-state index in [1.807, 2.05) is 12.1 Å². The van der Waals surface area contributed by atoms with Crippen LogP contribution in [0, 0.1) is 5.95 Å². The standard InChI is InChI=1S/C25H22ClFN6O3/c1-2-29-24(36-28)20-15-33(14-16-6-8-17(26)9-7-16)25(32-23(20)34)30-18-10-12-19(13-11-18)35-22-5-3-4-21(27)31-22/h2-13,15,24H,14,28H2,1H3,(H,30,32,34)/b29-2+. The summed E-state index contributed by atoms with van der Waals surface area (Å²) in [6, 6.07) is 18.3. The lowest BCUT2D eigenvalue weighted by Gasteiger charge is -2.13. The molecule has 0 saturated carbocycles. The van der Waals surface area contributed by atoms with Gasteiger partial charge in [0.2, 0.25) is 17.4 Å². The Kier molecular flexibility index (Phi) is 8.01. The van der Waals surface area contributed by atoms with Crippen molar-refractivity contribution in [2.24, 2.45) is 15.9 Å². The van der Waals surface area contributed by atoms with Crippen molar-refractivity contribution in [2.45, 2.75) is 19.7 Å². The Balaban J connectivity index is 1.71. The number of hydrogen-bond donors (Lipinski definition) is 2. The van der Waals surface area contributed by atoms with Crippen molar-refractivity contribution in [3.05, 3.63) is 111 Å². The first-order valence-corrected chi connectivity index (χ1v) is 11.2. The van der Waals surface area contributed by atoms with E-state index in [4.69, 9.17) is 27.1 Å². The summed E-state index contributed by atoms with van der Waals surface area (Å²) in [4.78, 5) is 32.9. The van der Waals surface area contributed by atoms with Crippen molar-refractivity contribution in [3.63, 3.8) is 0 Å². The molecule has 36 heavy (non-hydrogen) atoms. The Bertz CT molecular complexity index is 1480. The van der Waals surface area contributed by atoms with Gasteiger partial charge >= 0.3 is 0 Å². The highest BCUT2D eigenvalue weighted by molar-refractivity contribution is 6.30. The number of aliphatic imine (C=N–C) groups is 1. The summed E-state index contributed by atoms with van der Waals surface area (Å²) in [7, 11) is 0. The van der Waals surface area contributed by atoms with Gasteiger partial charge in [0.1, 0.15) is 5.75 Å². The molecule has 0 fully saturated rings. The number of nitrogens with zero attached hydrogens (tertiary/aromatic N) is 4. The molecular weight excluding hydrogens is 487 g/mol. The van der Waals surface area contributed by atoms with E-state index in [-0.39, 0.29) is 17.1 Å². The first-order valence-electron chi connectivity index (χ1n) is 10.8. The Morgan fingerprint density at radius 1 is 1.17 bits per heavy atom. The van der Waals surface area contributed by atoms with Gasteiger partial charge in [-0.3, -0.25) is 19.6 Å². The van der Waals surface area contributed by atoms with Crippen molar-refractivity contribution < 1.29 is 14.0 Å². The van der Waals surface area contributed by atoms with E-state index in [0.29, 0.717) is 23.0 Å². The third-order valence-corrected chi connectivity index (χ3v) is 5.24. The molecule has 11 heteroatoms. The average Bonchev–Trinajstić information content (AvgIpc) is 2.87. The van der Waals surface area contributed by atoms with Gasteiger partial charge in [-0.05, 0) is 61.2 Å². The average molecular weight is 509 g/mol. The van der Waals surface area contributed by atoms with E-state index < -0.39 is 17.7 Å². The molecule has 9 nitrogen and oxygen atoms in total. The van der Waals surface area contributed by atoms with E-state index in [9.17, 15) is 9.18 Å².